The van der Waals surface area contributed by atoms with Crippen LogP contribution in [0.1, 0.15) is 51.5 Å². The molecule has 3 fully saturated rings. The summed E-state index contributed by atoms with van der Waals surface area (Å²) in [6, 6.07) is 8.86. The molecule has 3 heterocycles. The number of benzene rings is 1. The number of carbonyl (C=O) groups is 3. The molecule has 1 N–H and O–H groups in total. The number of hydrogen-bond donors (Lipinski definition) is 1. The van der Waals surface area contributed by atoms with Crippen LogP contribution in [-0.2, 0) is 25.7 Å². The van der Waals surface area contributed by atoms with Crippen LogP contribution < -0.4 is 0 Å². The van der Waals surface area contributed by atoms with Crippen molar-refractivity contribution in [3.05, 3.63) is 61.2 Å². The molecule has 0 saturated carbocycles. The van der Waals surface area contributed by atoms with Crippen LogP contribution in [-0.4, -0.2) is 87.6 Å². The maximum absolute atomic E-state index is 14.4. The predicted molar refractivity (Wildman–Crippen MR) is 149 cm³/mol. The molecule has 4 rings (SSSR count). The highest BCUT2D eigenvalue weighted by atomic mass is 16.5. The maximum Gasteiger partial charge on any atom is 0.248 e. The molecule has 0 aromatic heterocycles. The second kappa shape index (κ2) is 12.0. The average molecular weight is 538 g/mol. The van der Waals surface area contributed by atoms with Crippen LogP contribution in [0.5, 0.6) is 0 Å². The zero-order valence-electron chi connectivity index (χ0n) is 23.4. The van der Waals surface area contributed by atoms with Gasteiger partial charge in [-0.3, -0.25) is 14.4 Å². The Hall–Kier alpha value is -2.97. The van der Waals surface area contributed by atoms with Gasteiger partial charge in [0.2, 0.25) is 17.7 Å². The lowest BCUT2D eigenvalue weighted by Gasteiger charge is -2.37. The van der Waals surface area contributed by atoms with Crippen molar-refractivity contribution in [2.24, 2.45) is 11.8 Å². The summed E-state index contributed by atoms with van der Waals surface area (Å²) in [5.74, 6) is -1.92. The van der Waals surface area contributed by atoms with Gasteiger partial charge in [-0.25, -0.2) is 0 Å². The van der Waals surface area contributed by atoms with Crippen LogP contribution in [0.4, 0.5) is 0 Å². The minimum atomic E-state index is -1.08. The lowest BCUT2D eigenvalue weighted by molar-refractivity contribution is -0.155. The first-order valence-corrected chi connectivity index (χ1v) is 14.3. The van der Waals surface area contributed by atoms with Gasteiger partial charge in [0.1, 0.15) is 11.6 Å². The van der Waals surface area contributed by atoms with Crippen molar-refractivity contribution in [3.63, 3.8) is 0 Å². The van der Waals surface area contributed by atoms with E-state index < -0.39 is 29.1 Å². The fourth-order valence-electron chi connectivity index (χ4n) is 7.13. The summed E-state index contributed by atoms with van der Waals surface area (Å²) in [7, 11) is 0. The van der Waals surface area contributed by atoms with Crippen LogP contribution in [0, 0.1) is 11.8 Å². The Labute approximate surface area is 232 Å². The quantitative estimate of drug-likeness (QED) is 0.368. The van der Waals surface area contributed by atoms with Crippen molar-refractivity contribution in [3.8, 4) is 0 Å². The van der Waals surface area contributed by atoms with Gasteiger partial charge >= 0.3 is 0 Å². The van der Waals surface area contributed by atoms with Gasteiger partial charge in [-0.2, -0.15) is 0 Å². The van der Waals surface area contributed by atoms with E-state index in [1.54, 1.807) is 26.9 Å². The molecule has 3 aliphatic heterocycles. The van der Waals surface area contributed by atoms with Crippen LogP contribution in [0.15, 0.2) is 55.6 Å². The first kappa shape index (κ1) is 29.0. The van der Waals surface area contributed by atoms with Crippen LogP contribution in [0.25, 0.3) is 0 Å². The predicted octanol–water partition coefficient (Wildman–Crippen LogP) is 3.16. The molecule has 1 aromatic rings. The third kappa shape index (κ3) is 4.93. The third-order valence-corrected chi connectivity index (χ3v) is 8.77. The van der Waals surface area contributed by atoms with E-state index in [4.69, 9.17) is 4.74 Å². The highest BCUT2D eigenvalue weighted by Gasteiger charge is 2.78. The summed E-state index contributed by atoms with van der Waals surface area (Å²) in [5, 5.41) is 9.62. The Balaban J connectivity index is 1.77. The molecule has 8 heteroatoms. The van der Waals surface area contributed by atoms with E-state index >= 15 is 0 Å². The Morgan fingerprint density at radius 1 is 1.10 bits per heavy atom. The SMILES string of the molecule is C=CCN(Cc1ccccc1)C(=O)C1N(CCCO)C(=O)[C@@H]2[C@H](C(=O)N(CC=C)CCC)[C@]3(CC)CCC12O3. The van der Waals surface area contributed by atoms with Crippen molar-refractivity contribution in [2.75, 3.05) is 32.8 Å². The highest BCUT2D eigenvalue weighted by Crippen LogP contribution is 2.64. The first-order valence-electron chi connectivity index (χ1n) is 14.3. The first-order chi connectivity index (χ1) is 18.8. The monoisotopic (exact) mass is 537 g/mol. The summed E-state index contributed by atoms with van der Waals surface area (Å²) >= 11 is 0. The molecule has 39 heavy (non-hydrogen) atoms. The molecule has 2 unspecified atom stereocenters. The number of carbonyl (C=O) groups excluding carboxylic acids is 3. The molecule has 3 saturated heterocycles. The van der Waals surface area contributed by atoms with Gasteiger partial charge in [0.05, 0.1) is 17.4 Å². The van der Waals surface area contributed by atoms with Crippen LogP contribution >= 0.6 is 0 Å². The molecule has 1 spiro atoms. The minimum Gasteiger partial charge on any atom is -0.396 e. The Morgan fingerprint density at radius 2 is 1.79 bits per heavy atom. The number of nitrogens with zero attached hydrogens (tertiary/aromatic N) is 3. The van der Waals surface area contributed by atoms with Gasteiger partial charge in [-0.15, -0.1) is 13.2 Å². The van der Waals surface area contributed by atoms with Crippen molar-refractivity contribution in [1.29, 1.82) is 0 Å². The van der Waals surface area contributed by atoms with Gasteiger partial charge in [0, 0.05) is 39.3 Å². The van der Waals surface area contributed by atoms with E-state index in [0.717, 1.165) is 12.0 Å². The summed E-state index contributed by atoms with van der Waals surface area (Å²) in [6.45, 7) is 13.5. The smallest absolute Gasteiger partial charge is 0.248 e. The molecule has 2 bridgehead atoms. The zero-order chi connectivity index (χ0) is 28.2. The molecule has 8 nitrogen and oxygen atoms in total. The topological polar surface area (TPSA) is 90.4 Å². The van der Waals surface area contributed by atoms with E-state index in [9.17, 15) is 19.5 Å². The standard InChI is InChI=1S/C31H43N3O5/c1-5-17-32(18-6-2)27(36)24-25-28(37)34(20-12-21-35)26(31(25)16-15-30(24,8-4)39-31)29(38)33(19-7-3)22-23-13-10-9-11-14-23/h5,7,9-11,13-14,24-26,35H,1,3,6,8,12,15-22H2,2,4H3/t24-,25+,26?,30+,31?/m1/s1. The summed E-state index contributed by atoms with van der Waals surface area (Å²) in [6.07, 6.45) is 6.27. The van der Waals surface area contributed by atoms with Gasteiger partial charge < -0.3 is 24.5 Å². The minimum absolute atomic E-state index is 0.0963. The molecular weight excluding hydrogens is 494 g/mol. The second-order valence-corrected chi connectivity index (χ2v) is 11.0. The average Bonchev–Trinajstić information content (AvgIpc) is 3.55. The lowest BCUT2D eigenvalue weighted by Crippen LogP contribution is -2.56. The molecule has 0 radical (unpaired) electrons. The van der Waals surface area contributed by atoms with E-state index in [1.807, 2.05) is 44.2 Å². The molecule has 5 atom stereocenters. The normalized spacial score (nSPS) is 28.8. The van der Waals surface area contributed by atoms with Crippen LogP contribution in [0.2, 0.25) is 0 Å². The fourth-order valence-corrected chi connectivity index (χ4v) is 7.13. The Kier molecular flexibility index (Phi) is 8.96. The summed E-state index contributed by atoms with van der Waals surface area (Å²) in [5.41, 5.74) is -0.890. The number of aliphatic hydroxyl groups is 1. The summed E-state index contributed by atoms with van der Waals surface area (Å²) < 4.78 is 6.88. The van der Waals surface area contributed by atoms with E-state index in [-0.39, 0.29) is 30.9 Å². The fraction of sp³-hybridized carbons (Fsp3) is 0.581. The molecule has 212 valence electrons. The Bertz CT molecular complexity index is 1080. The number of fused-ring (bicyclic) bond motifs is 1. The van der Waals surface area contributed by atoms with Gasteiger partial charge in [-0.1, -0.05) is 56.3 Å². The molecule has 0 aliphatic carbocycles. The summed E-state index contributed by atoms with van der Waals surface area (Å²) in [4.78, 5) is 47.8. The number of hydrogen-bond acceptors (Lipinski definition) is 5. The molecular formula is C31H43N3O5. The van der Waals surface area contributed by atoms with E-state index in [0.29, 0.717) is 51.9 Å². The van der Waals surface area contributed by atoms with Crippen molar-refractivity contribution >= 4 is 17.7 Å². The Morgan fingerprint density at radius 3 is 2.41 bits per heavy atom. The number of likely N-dealkylation sites (tertiary alicyclic amines) is 1. The van der Waals surface area contributed by atoms with Crippen LogP contribution in [0.3, 0.4) is 0 Å². The third-order valence-electron chi connectivity index (χ3n) is 8.77. The number of rotatable bonds is 14. The largest absolute Gasteiger partial charge is 0.396 e. The molecule has 3 amide bonds. The van der Waals surface area contributed by atoms with Crippen molar-refractivity contribution in [1.82, 2.24) is 14.7 Å². The van der Waals surface area contributed by atoms with Gasteiger partial charge in [0.25, 0.3) is 0 Å². The second-order valence-electron chi connectivity index (χ2n) is 11.0. The van der Waals surface area contributed by atoms with Crippen molar-refractivity contribution < 1.29 is 24.2 Å². The molecule has 3 aliphatic rings. The van der Waals surface area contributed by atoms with Gasteiger partial charge in [0.15, 0.2) is 0 Å². The number of aliphatic hydroxyl groups excluding tert-OH is 1. The van der Waals surface area contributed by atoms with E-state index in [2.05, 4.69) is 13.2 Å². The van der Waals surface area contributed by atoms with Crippen molar-refractivity contribution in [2.45, 2.75) is 69.7 Å². The lowest BCUT2D eigenvalue weighted by atomic mass is 9.64. The van der Waals surface area contributed by atoms with Gasteiger partial charge in [-0.05, 0) is 37.7 Å². The zero-order valence-corrected chi connectivity index (χ0v) is 23.4. The molecule has 1 aromatic carbocycles. The highest BCUT2D eigenvalue weighted by molar-refractivity contribution is 5.99. The maximum atomic E-state index is 14.4. The van der Waals surface area contributed by atoms with E-state index in [1.165, 1.54) is 0 Å². The number of ether oxygens (including phenoxy) is 1. The number of amides is 3.